The molecule has 0 radical (unpaired) electrons. The van der Waals surface area contributed by atoms with Crippen LogP contribution in [0, 0.1) is 0 Å². The lowest BCUT2D eigenvalue weighted by Crippen LogP contribution is -2.09. The van der Waals surface area contributed by atoms with E-state index in [1.54, 1.807) is 12.3 Å². The van der Waals surface area contributed by atoms with Crippen LogP contribution in [0.2, 0.25) is 0 Å². The van der Waals surface area contributed by atoms with Gasteiger partial charge in [-0.05, 0) is 64.9 Å². The van der Waals surface area contributed by atoms with E-state index in [1.807, 2.05) is 12.1 Å². The van der Waals surface area contributed by atoms with Crippen molar-refractivity contribution in [1.29, 1.82) is 0 Å². The number of fused-ring (bicyclic) bond motifs is 1. The zero-order valence-electron chi connectivity index (χ0n) is 11.4. The van der Waals surface area contributed by atoms with Gasteiger partial charge in [0, 0.05) is 16.4 Å². The Bertz CT molecular complexity index is 701. The molecule has 2 N–H and O–H groups in total. The summed E-state index contributed by atoms with van der Waals surface area (Å²) >= 11 is 3.26. The third-order valence-corrected chi connectivity index (χ3v) is 4.17. The van der Waals surface area contributed by atoms with E-state index < -0.39 is 5.97 Å². The maximum atomic E-state index is 11.4. The van der Waals surface area contributed by atoms with Crippen LogP contribution in [-0.4, -0.2) is 16.1 Å². The van der Waals surface area contributed by atoms with Gasteiger partial charge < -0.3 is 10.4 Å². The fourth-order valence-electron chi connectivity index (χ4n) is 2.73. The average Bonchev–Trinajstić information content (AvgIpc) is 2.49. The van der Waals surface area contributed by atoms with Crippen LogP contribution in [0.1, 0.15) is 34.3 Å². The van der Waals surface area contributed by atoms with E-state index in [4.69, 9.17) is 0 Å². The Hall–Kier alpha value is -1.88. The maximum Gasteiger partial charge on any atom is 0.339 e. The predicted octanol–water partition coefficient (Wildman–Crippen LogP) is 4.16. The van der Waals surface area contributed by atoms with Crippen LogP contribution in [0.3, 0.4) is 0 Å². The summed E-state index contributed by atoms with van der Waals surface area (Å²) in [5.41, 5.74) is 3.76. The number of aromatic nitrogens is 1. The lowest BCUT2D eigenvalue weighted by molar-refractivity contribution is 0.0697. The van der Waals surface area contributed by atoms with Crippen molar-refractivity contribution in [3.8, 4) is 0 Å². The van der Waals surface area contributed by atoms with Crippen molar-refractivity contribution < 1.29 is 9.90 Å². The second kappa shape index (κ2) is 5.85. The number of hydrogen-bond acceptors (Lipinski definition) is 3. The van der Waals surface area contributed by atoms with Gasteiger partial charge in [0.25, 0.3) is 0 Å². The highest BCUT2D eigenvalue weighted by Crippen LogP contribution is 2.30. The molecule has 0 fully saturated rings. The average molecular weight is 347 g/mol. The van der Waals surface area contributed by atoms with Crippen molar-refractivity contribution in [3.63, 3.8) is 0 Å². The lowest BCUT2D eigenvalue weighted by Gasteiger charge is -2.20. The molecule has 0 bridgehead atoms. The van der Waals surface area contributed by atoms with E-state index in [-0.39, 0.29) is 5.56 Å². The number of nitrogens with one attached hydrogen (secondary N) is 1. The van der Waals surface area contributed by atoms with Gasteiger partial charge in [0.05, 0.1) is 0 Å². The molecule has 0 saturated carbocycles. The minimum Gasteiger partial charge on any atom is -0.478 e. The number of aryl methyl sites for hydroxylation is 1. The second-order valence-electron chi connectivity index (χ2n) is 5.13. The van der Waals surface area contributed by atoms with Crippen molar-refractivity contribution in [3.05, 3.63) is 51.6 Å². The quantitative estimate of drug-likeness (QED) is 0.875. The molecule has 0 unspecified atom stereocenters. The monoisotopic (exact) mass is 346 g/mol. The molecule has 5 heteroatoms. The third kappa shape index (κ3) is 2.93. The molecular formula is C16H15BrN2O2. The molecule has 21 heavy (non-hydrogen) atoms. The van der Waals surface area contributed by atoms with Gasteiger partial charge in [-0.2, -0.15) is 0 Å². The Morgan fingerprint density at radius 1 is 1.29 bits per heavy atom. The number of carboxylic acid groups (broad SMARTS) is 1. The summed E-state index contributed by atoms with van der Waals surface area (Å²) in [4.78, 5) is 15.6. The first-order chi connectivity index (χ1) is 10.1. The molecular weight excluding hydrogens is 332 g/mol. The maximum absolute atomic E-state index is 11.4. The van der Waals surface area contributed by atoms with E-state index in [0.29, 0.717) is 10.3 Å². The number of pyridine rings is 1. The SMILES string of the molecule is O=C(O)c1cc(Br)cnc1Nc1cccc2c1CCCC2. The first kappa shape index (κ1) is 14.1. The highest BCUT2D eigenvalue weighted by Gasteiger charge is 2.16. The van der Waals surface area contributed by atoms with Crippen LogP contribution < -0.4 is 5.32 Å². The summed E-state index contributed by atoms with van der Waals surface area (Å²) in [6.45, 7) is 0. The summed E-state index contributed by atoms with van der Waals surface area (Å²) < 4.78 is 0.653. The van der Waals surface area contributed by atoms with Crippen molar-refractivity contribution in [2.45, 2.75) is 25.7 Å². The van der Waals surface area contributed by atoms with Crippen LogP contribution in [-0.2, 0) is 12.8 Å². The van der Waals surface area contributed by atoms with Gasteiger partial charge in [0.1, 0.15) is 11.4 Å². The topological polar surface area (TPSA) is 62.2 Å². The molecule has 0 amide bonds. The Balaban J connectivity index is 2.00. The highest BCUT2D eigenvalue weighted by molar-refractivity contribution is 9.10. The number of hydrogen-bond donors (Lipinski definition) is 2. The normalized spacial score (nSPS) is 13.6. The number of halogens is 1. The number of rotatable bonds is 3. The lowest BCUT2D eigenvalue weighted by atomic mass is 9.90. The van der Waals surface area contributed by atoms with Crippen LogP contribution in [0.15, 0.2) is 34.9 Å². The van der Waals surface area contributed by atoms with Crippen molar-refractivity contribution >= 4 is 33.4 Å². The largest absolute Gasteiger partial charge is 0.478 e. The number of benzene rings is 1. The number of aromatic carboxylic acids is 1. The first-order valence-electron chi connectivity index (χ1n) is 6.92. The summed E-state index contributed by atoms with van der Waals surface area (Å²) in [7, 11) is 0. The smallest absolute Gasteiger partial charge is 0.339 e. The first-order valence-corrected chi connectivity index (χ1v) is 7.71. The molecule has 1 aliphatic carbocycles. The summed E-state index contributed by atoms with van der Waals surface area (Å²) in [5.74, 6) is -0.610. The summed E-state index contributed by atoms with van der Waals surface area (Å²) in [6.07, 6.45) is 6.10. The fraction of sp³-hybridized carbons (Fsp3) is 0.250. The molecule has 1 aliphatic rings. The molecule has 0 aliphatic heterocycles. The van der Waals surface area contributed by atoms with Gasteiger partial charge in [-0.1, -0.05) is 12.1 Å². The van der Waals surface area contributed by atoms with E-state index in [0.717, 1.165) is 18.5 Å². The number of carboxylic acids is 1. The van der Waals surface area contributed by atoms with E-state index in [1.165, 1.54) is 24.0 Å². The van der Waals surface area contributed by atoms with Crippen LogP contribution in [0.5, 0.6) is 0 Å². The molecule has 0 spiro atoms. The minimum absolute atomic E-state index is 0.165. The molecule has 108 valence electrons. The van der Waals surface area contributed by atoms with Gasteiger partial charge in [-0.25, -0.2) is 9.78 Å². The van der Waals surface area contributed by atoms with Gasteiger partial charge in [0.2, 0.25) is 0 Å². The Labute approximate surface area is 131 Å². The van der Waals surface area contributed by atoms with Crippen LogP contribution >= 0.6 is 15.9 Å². The van der Waals surface area contributed by atoms with E-state index in [9.17, 15) is 9.90 Å². The molecule has 1 heterocycles. The van der Waals surface area contributed by atoms with E-state index in [2.05, 4.69) is 32.3 Å². The molecule has 4 nitrogen and oxygen atoms in total. The van der Waals surface area contributed by atoms with Crippen LogP contribution in [0.4, 0.5) is 11.5 Å². The second-order valence-corrected chi connectivity index (χ2v) is 6.05. The van der Waals surface area contributed by atoms with Gasteiger partial charge in [0.15, 0.2) is 0 Å². The third-order valence-electron chi connectivity index (χ3n) is 3.73. The Morgan fingerprint density at radius 2 is 2.10 bits per heavy atom. The number of anilines is 2. The van der Waals surface area contributed by atoms with Crippen molar-refractivity contribution in [2.24, 2.45) is 0 Å². The van der Waals surface area contributed by atoms with E-state index >= 15 is 0 Å². The highest BCUT2D eigenvalue weighted by atomic mass is 79.9. The molecule has 0 saturated heterocycles. The van der Waals surface area contributed by atoms with Gasteiger partial charge >= 0.3 is 5.97 Å². The molecule has 3 rings (SSSR count). The predicted molar refractivity (Wildman–Crippen MR) is 85.3 cm³/mol. The fourth-order valence-corrected chi connectivity index (χ4v) is 3.06. The van der Waals surface area contributed by atoms with Gasteiger partial charge in [-0.15, -0.1) is 0 Å². The molecule has 2 aromatic rings. The summed E-state index contributed by atoms with van der Waals surface area (Å²) in [5, 5.41) is 12.5. The number of nitrogens with zero attached hydrogens (tertiary/aromatic N) is 1. The summed E-state index contributed by atoms with van der Waals surface area (Å²) in [6, 6.07) is 7.70. The van der Waals surface area contributed by atoms with Gasteiger partial charge in [-0.3, -0.25) is 0 Å². The van der Waals surface area contributed by atoms with Crippen LogP contribution in [0.25, 0.3) is 0 Å². The Kier molecular flexibility index (Phi) is 3.92. The minimum atomic E-state index is -0.990. The van der Waals surface area contributed by atoms with Crippen molar-refractivity contribution in [1.82, 2.24) is 4.98 Å². The number of carbonyl (C=O) groups is 1. The molecule has 1 aromatic carbocycles. The standard InChI is InChI=1S/C16H15BrN2O2/c17-11-8-13(16(20)21)15(18-9-11)19-14-7-3-5-10-4-1-2-6-12(10)14/h3,5,7-9H,1-2,4,6H2,(H,18,19)(H,20,21). The molecule has 0 atom stereocenters. The zero-order valence-corrected chi connectivity index (χ0v) is 13.0. The van der Waals surface area contributed by atoms with Crippen molar-refractivity contribution in [2.75, 3.05) is 5.32 Å². The Morgan fingerprint density at radius 3 is 2.90 bits per heavy atom. The zero-order chi connectivity index (χ0) is 14.8. The molecule has 1 aromatic heterocycles.